The average molecular weight is 324 g/mol. The van der Waals surface area contributed by atoms with E-state index in [-0.39, 0.29) is 10.8 Å². The van der Waals surface area contributed by atoms with Gasteiger partial charge in [0, 0.05) is 13.1 Å². The van der Waals surface area contributed by atoms with E-state index in [1.807, 2.05) is 0 Å². The van der Waals surface area contributed by atoms with E-state index < -0.39 is 16.1 Å². The van der Waals surface area contributed by atoms with Gasteiger partial charge in [0.15, 0.2) is 0 Å². The van der Waals surface area contributed by atoms with Crippen LogP contribution in [0.15, 0.2) is 35.2 Å². The number of rotatable bonds is 6. The Balaban J connectivity index is 2.09. The summed E-state index contributed by atoms with van der Waals surface area (Å²) < 4.78 is 26.7. The normalized spacial score (nSPS) is 19.5. The molecule has 1 heterocycles. The third-order valence-corrected chi connectivity index (χ3v) is 5.80. The van der Waals surface area contributed by atoms with Gasteiger partial charge in [-0.25, -0.2) is 8.42 Å². The number of sulfonamides is 1. The van der Waals surface area contributed by atoms with Gasteiger partial charge in [-0.05, 0) is 37.3 Å². The molecule has 6 heteroatoms. The molecule has 1 aromatic rings. The van der Waals surface area contributed by atoms with Gasteiger partial charge >= 0.3 is 0 Å². The van der Waals surface area contributed by atoms with Gasteiger partial charge in [0.25, 0.3) is 0 Å². The van der Waals surface area contributed by atoms with Crippen molar-refractivity contribution in [3.63, 3.8) is 0 Å². The van der Waals surface area contributed by atoms with Crippen LogP contribution in [0.2, 0.25) is 0 Å². The first-order chi connectivity index (χ1) is 10.4. The van der Waals surface area contributed by atoms with Crippen molar-refractivity contribution in [2.75, 3.05) is 13.1 Å². The quantitative estimate of drug-likeness (QED) is 0.870. The molecule has 1 saturated heterocycles. The van der Waals surface area contributed by atoms with Crippen LogP contribution in [0.3, 0.4) is 0 Å². The first-order valence-corrected chi connectivity index (χ1v) is 9.21. The van der Waals surface area contributed by atoms with Crippen molar-refractivity contribution in [3.05, 3.63) is 30.3 Å². The van der Waals surface area contributed by atoms with E-state index in [1.54, 1.807) is 30.3 Å². The number of nitrogens with one attached hydrogen (secondary N) is 1. The molecular formula is C16H24N2O3S. The van der Waals surface area contributed by atoms with Crippen molar-refractivity contribution in [3.8, 4) is 0 Å². The molecule has 1 fully saturated rings. The van der Waals surface area contributed by atoms with Crippen LogP contribution in [0.1, 0.15) is 33.1 Å². The molecular weight excluding hydrogens is 300 g/mol. The van der Waals surface area contributed by atoms with E-state index in [1.165, 1.54) is 4.31 Å². The monoisotopic (exact) mass is 324 g/mol. The summed E-state index contributed by atoms with van der Waals surface area (Å²) in [4.78, 5) is 12.5. The summed E-state index contributed by atoms with van der Waals surface area (Å²) in [6.07, 6.45) is 2.19. The number of carbonyl (C=O) groups is 1. The lowest BCUT2D eigenvalue weighted by Crippen LogP contribution is -2.46. The van der Waals surface area contributed by atoms with E-state index in [0.717, 1.165) is 6.42 Å². The van der Waals surface area contributed by atoms with Gasteiger partial charge in [0.2, 0.25) is 15.9 Å². The zero-order valence-corrected chi connectivity index (χ0v) is 14.0. The number of nitrogens with zero attached hydrogens (tertiary/aromatic N) is 1. The fourth-order valence-electron chi connectivity index (χ4n) is 2.62. The third kappa shape index (κ3) is 3.87. The molecule has 0 saturated carbocycles. The first-order valence-electron chi connectivity index (χ1n) is 7.77. The smallest absolute Gasteiger partial charge is 0.243 e. The molecule has 0 bridgehead atoms. The molecule has 1 aromatic carbocycles. The second-order valence-electron chi connectivity index (χ2n) is 6.06. The zero-order chi connectivity index (χ0) is 16.2. The molecule has 0 aromatic heterocycles. The van der Waals surface area contributed by atoms with Gasteiger partial charge in [-0.15, -0.1) is 0 Å². The Hall–Kier alpha value is -1.40. The van der Waals surface area contributed by atoms with Crippen molar-refractivity contribution in [1.82, 2.24) is 9.62 Å². The van der Waals surface area contributed by atoms with Crippen LogP contribution >= 0.6 is 0 Å². The summed E-state index contributed by atoms with van der Waals surface area (Å²) in [6, 6.07) is 7.72. The predicted molar refractivity (Wildman–Crippen MR) is 85.8 cm³/mol. The number of benzene rings is 1. The summed E-state index contributed by atoms with van der Waals surface area (Å²) in [5, 5.41) is 2.86. The van der Waals surface area contributed by atoms with Gasteiger partial charge in [0.05, 0.1) is 4.90 Å². The largest absolute Gasteiger partial charge is 0.355 e. The lowest BCUT2D eigenvalue weighted by atomic mass is 10.1. The molecule has 2 rings (SSSR count). The standard InChI is InChI=1S/C16H24N2O3S/c1-13(2)10-11-17-16(19)15-9-6-12-18(15)22(20,21)14-7-4-3-5-8-14/h3-5,7-8,13,15H,6,9-12H2,1-2H3,(H,17,19). The Morgan fingerprint density at radius 3 is 2.64 bits per heavy atom. The van der Waals surface area contributed by atoms with Crippen molar-refractivity contribution in [2.24, 2.45) is 5.92 Å². The zero-order valence-electron chi connectivity index (χ0n) is 13.2. The van der Waals surface area contributed by atoms with Crippen LogP contribution in [-0.4, -0.2) is 37.8 Å². The highest BCUT2D eigenvalue weighted by Gasteiger charge is 2.39. The minimum absolute atomic E-state index is 0.183. The molecule has 0 aliphatic carbocycles. The van der Waals surface area contributed by atoms with E-state index in [4.69, 9.17) is 0 Å². The fraction of sp³-hybridized carbons (Fsp3) is 0.562. The third-order valence-electron chi connectivity index (χ3n) is 3.88. The second-order valence-corrected chi connectivity index (χ2v) is 7.95. The maximum Gasteiger partial charge on any atom is 0.243 e. The fourth-order valence-corrected chi connectivity index (χ4v) is 4.30. The lowest BCUT2D eigenvalue weighted by molar-refractivity contribution is -0.124. The van der Waals surface area contributed by atoms with Gasteiger partial charge in [-0.2, -0.15) is 4.31 Å². The summed E-state index contributed by atoms with van der Waals surface area (Å²) in [6.45, 7) is 5.17. The Bertz CT molecular complexity index is 599. The number of amides is 1. The maximum absolute atomic E-state index is 12.7. The summed E-state index contributed by atoms with van der Waals surface area (Å²) in [5.74, 6) is 0.325. The van der Waals surface area contributed by atoms with Crippen LogP contribution in [0.5, 0.6) is 0 Å². The molecule has 22 heavy (non-hydrogen) atoms. The van der Waals surface area contributed by atoms with Gasteiger partial charge in [-0.1, -0.05) is 32.0 Å². The predicted octanol–water partition coefficient (Wildman–Crippen LogP) is 2.00. The molecule has 1 aliphatic heterocycles. The highest BCUT2D eigenvalue weighted by atomic mass is 32.2. The van der Waals surface area contributed by atoms with Crippen molar-refractivity contribution in [2.45, 2.75) is 44.0 Å². The summed E-state index contributed by atoms with van der Waals surface area (Å²) in [7, 11) is -3.60. The SMILES string of the molecule is CC(C)CCNC(=O)C1CCCN1S(=O)(=O)c1ccccc1. The molecule has 1 atom stereocenters. The lowest BCUT2D eigenvalue weighted by Gasteiger charge is -2.23. The van der Waals surface area contributed by atoms with Crippen LogP contribution in [0.25, 0.3) is 0 Å². The molecule has 1 N–H and O–H groups in total. The summed E-state index contributed by atoms with van der Waals surface area (Å²) >= 11 is 0. The Morgan fingerprint density at radius 1 is 1.32 bits per heavy atom. The van der Waals surface area contributed by atoms with Crippen LogP contribution in [0, 0.1) is 5.92 Å². The van der Waals surface area contributed by atoms with Crippen LogP contribution < -0.4 is 5.32 Å². The molecule has 1 unspecified atom stereocenters. The molecule has 1 amide bonds. The van der Waals surface area contributed by atoms with Gasteiger partial charge < -0.3 is 5.32 Å². The highest BCUT2D eigenvalue weighted by Crippen LogP contribution is 2.26. The average Bonchev–Trinajstić information content (AvgIpc) is 2.98. The van der Waals surface area contributed by atoms with E-state index in [0.29, 0.717) is 31.8 Å². The molecule has 0 spiro atoms. The van der Waals surface area contributed by atoms with Gasteiger partial charge in [-0.3, -0.25) is 4.79 Å². The molecule has 122 valence electrons. The Labute approximate surface area is 132 Å². The Morgan fingerprint density at radius 2 is 2.00 bits per heavy atom. The van der Waals surface area contributed by atoms with Crippen molar-refractivity contribution < 1.29 is 13.2 Å². The Kier molecular flexibility index (Phi) is 5.58. The number of hydrogen-bond acceptors (Lipinski definition) is 3. The minimum Gasteiger partial charge on any atom is -0.355 e. The molecule has 0 radical (unpaired) electrons. The first kappa shape index (κ1) is 17.0. The van der Waals surface area contributed by atoms with E-state index in [2.05, 4.69) is 19.2 Å². The van der Waals surface area contributed by atoms with Crippen LogP contribution in [0.4, 0.5) is 0 Å². The maximum atomic E-state index is 12.7. The van der Waals surface area contributed by atoms with Crippen molar-refractivity contribution in [1.29, 1.82) is 0 Å². The highest BCUT2D eigenvalue weighted by molar-refractivity contribution is 7.89. The number of hydrogen-bond donors (Lipinski definition) is 1. The topological polar surface area (TPSA) is 66.5 Å². The molecule has 1 aliphatic rings. The van der Waals surface area contributed by atoms with E-state index >= 15 is 0 Å². The van der Waals surface area contributed by atoms with E-state index in [9.17, 15) is 13.2 Å². The van der Waals surface area contributed by atoms with Gasteiger partial charge in [0.1, 0.15) is 6.04 Å². The van der Waals surface area contributed by atoms with Crippen molar-refractivity contribution >= 4 is 15.9 Å². The summed E-state index contributed by atoms with van der Waals surface area (Å²) in [5.41, 5.74) is 0. The molecule has 5 nitrogen and oxygen atoms in total. The second kappa shape index (κ2) is 7.24. The minimum atomic E-state index is -3.60. The number of carbonyl (C=O) groups excluding carboxylic acids is 1. The van der Waals surface area contributed by atoms with Crippen LogP contribution in [-0.2, 0) is 14.8 Å².